The number of hydrogen-bond donors (Lipinski definition) is 3. The second-order valence-electron chi connectivity index (χ2n) is 4.18. The molecular weight excluding hydrogens is 252 g/mol. The molecule has 102 valence electrons. The highest BCUT2D eigenvalue weighted by Gasteiger charge is 2.38. The Morgan fingerprint density at radius 3 is 2.68 bits per heavy atom. The number of carboxylic acid groups (broad SMARTS) is 1. The van der Waals surface area contributed by atoms with Gasteiger partial charge in [0, 0.05) is 37.7 Å². The predicted octanol–water partition coefficient (Wildman–Crippen LogP) is -0.899. The molecule has 0 aliphatic carbocycles. The minimum atomic E-state index is -1.30. The molecule has 0 spiro atoms. The molecule has 1 aromatic heterocycles. The number of aromatic nitrogens is 2. The molecule has 0 bridgehead atoms. The first-order chi connectivity index (χ1) is 9.09. The third-order valence-corrected chi connectivity index (χ3v) is 2.87. The normalized spacial score (nSPS) is 16.9. The number of aromatic amines is 1. The summed E-state index contributed by atoms with van der Waals surface area (Å²) in [4.78, 5) is 41.7. The van der Waals surface area contributed by atoms with E-state index in [1.54, 1.807) is 6.20 Å². The van der Waals surface area contributed by atoms with Crippen LogP contribution in [0, 0.1) is 0 Å². The van der Waals surface area contributed by atoms with Crippen LogP contribution >= 0.6 is 0 Å². The zero-order chi connectivity index (χ0) is 13.8. The molecule has 1 fully saturated rings. The quantitative estimate of drug-likeness (QED) is 0.575. The summed E-state index contributed by atoms with van der Waals surface area (Å²) in [6.45, 7) is 0.316. The highest BCUT2D eigenvalue weighted by Crippen LogP contribution is 2.14. The van der Waals surface area contributed by atoms with E-state index in [1.165, 1.54) is 6.33 Å². The largest absolute Gasteiger partial charge is 0.479 e. The van der Waals surface area contributed by atoms with Crippen LogP contribution in [0.15, 0.2) is 12.5 Å². The lowest BCUT2D eigenvalue weighted by Gasteiger charge is -2.23. The SMILES string of the molecule is O=C(O)[C@H](NCCc1cnc[nH]1)N1C(=O)CCC1=O. The maximum atomic E-state index is 11.5. The molecule has 0 radical (unpaired) electrons. The van der Waals surface area contributed by atoms with Crippen molar-refractivity contribution in [2.24, 2.45) is 0 Å². The van der Waals surface area contributed by atoms with E-state index in [1.807, 2.05) is 0 Å². The van der Waals surface area contributed by atoms with Gasteiger partial charge in [-0.05, 0) is 0 Å². The Balaban J connectivity index is 1.94. The summed E-state index contributed by atoms with van der Waals surface area (Å²) in [5.41, 5.74) is 0.843. The van der Waals surface area contributed by atoms with E-state index >= 15 is 0 Å². The Kier molecular flexibility index (Phi) is 3.91. The molecule has 0 unspecified atom stereocenters. The van der Waals surface area contributed by atoms with Crippen molar-refractivity contribution in [3.8, 4) is 0 Å². The summed E-state index contributed by atoms with van der Waals surface area (Å²) < 4.78 is 0. The monoisotopic (exact) mass is 266 g/mol. The number of H-pyrrole nitrogens is 1. The summed E-state index contributed by atoms with van der Waals surface area (Å²) in [7, 11) is 0. The topological polar surface area (TPSA) is 115 Å². The number of nitrogens with one attached hydrogen (secondary N) is 2. The van der Waals surface area contributed by atoms with Crippen LogP contribution < -0.4 is 5.32 Å². The minimum absolute atomic E-state index is 0.0742. The molecule has 1 aliphatic rings. The van der Waals surface area contributed by atoms with Crippen LogP contribution in [-0.4, -0.2) is 50.5 Å². The van der Waals surface area contributed by atoms with Crippen LogP contribution in [0.4, 0.5) is 0 Å². The Hall–Kier alpha value is -2.22. The number of likely N-dealkylation sites (tertiary alicyclic amines) is 1. The van der Waals surface area contributed by atoms with Gasteiger partial charge in [0.2, 0.25) is 11.8 Å². The first-order valence-electron chi connectivity index (χ1n) is 5.88. The van der Waals surface area contributed by atoms with Gasteiger partial charge in [0.15, 0.2) is 6.17 Å². The van der Waals surface area contributed by atoms with E-state index < -0.39 is 23.9 Å². The van der Waals surface area contributed by atoms with Gasteiger partial charge < -0.3 is 10.1 Å². The van der Waals surface area contributed by atoms with Crippen molar-refractivity contribution in [3.63, 3.8) is 0 Å². The van der Waals surface area contributed by atoms with Gasteiger partial charge in [-0.15, -0.1) is 0 Å². The van der Waals surface area contributed by atoms with E-state index in [9.17, 15) is 14.4 Å². The van der Waals surface area contributed by atoms with Gasteiger partial charge in [0.1, 0.15) is 0 Å². The average molecular weight is 266 g/mol. The molecule has 3 N–H and O–H groups in total. The fourth-order valence-electron chi connectivity index (χ4n) is 1.94. The summed E-state index contributed by atoms with van der Waals surface area (Å²) >= 11 is 0. The third kappa shape index (κ3) is 2.97. The van der Waals surface area contributed by atoms with Crippen molar-refractivity contribution >= 4 is 17.8 Å². The van der Waals surface area contributed by atoms with Crippen molar-refractivity contribution in [3.05, 3.63) is 18.2 Å². The number of aliphatic carboxylic acids is 1. The number of hydrogen-bond acceptors (Lipinski definition) is 5. The average Bonchev–Trinajstić information content (AvgIpc) is 2.97. The number of carbonyl (C=O) groups is 3. The second kappa shape index (κ2) is 5.61. The number of imide groups is 1. The summed E-state index contributed by atoms with van der Waals surface area (Å²) in [5.74, 6) is -2.15. The number of amides is 2. The van der Waals surface area contributed by atoms with Crippen molar-refractivity contribution < 1.29 is 19.5 Å². The Labute approximate surface area is 108 Å². The van der Waals surface area contributed by atoms with E-state index in [2.05, 4.69) is 15.3 Å². The fraction of sp³-hybridized carbons (Fsp3) is 0.455. The fourth-order valence-corrected chi connectivity index (χ4v) is 1.94. The van der Waals surface area contributed by atoms with E-state index in [0.717, 1.165) is 10.6 Å². The van der Waals surface area contributed by atoms with Gasteiger partial charge in [-0.25, -0.2) is 9.78 Å². The first-order valence-corrected chi connectivity index (χ1v) is 5.88. The molecule has 1 aromatic rings. The molecule has 1 atom stereocenters. The van der Waals surface area contributed by atoms with Gasteiger partial charge in [0.05, 0.1) is 6.33 Å². The van der Waals surface area contributed by atoms with Gasteiger partial charge in [-0.3, -0.25) is 19.8 Å². The lowest BCUT2D eigenvalue weighted by Crippen LogP contribution is -2.53. The van der Waals surface area contributed by atoms with Crippen LogP contribution in [0.3, 0.4) is 0 Å². The van der Waals surface area contributed by atoms with Crippen LogP contribution in [0.2, 0.25) is 0 Å². The van der Waals surface area contributed by atoms with Crippen molar-refractivity contribution in [1.29, 1.82) is 0 Å². The number of imidazole rings is 1. The number of rotatable bonds is 6. The van der Waals surface area contributed by atoms with Gasteiger partial charge in [0.25, 0.3) is 0 Å². The lowest BCUT2D eigenvalue weighted by atomic mass is 10.3. The van der Waals surface area contributed by atoms with Crippen molar-refractivity contribution in [2.75, 3.05) is 6.54 Å². The zero-order valence-corrected chi connectivity index (χ0v) is 10.1. The zero-order valence-electron chi connectivity index (χ0n) is 10.1. The maximum absolute atomic E-state index is 11.5. The van der Waals surface area contributed by atoms with E-state index in [4.69, 9.17) is 5.11 Å². The van der Waals surface area contributed by atoms with Gasteiger partial charge in [-0.1, -0.05) is 0 Å². The smallest absolute Gasteiger partial charge is 0.342 e. The molecule has 1 aliphatic heterocycles. The molecule has 2 amide bonds. The minimum Gasteiger partial charge on any atom is -0.479 e. The van der Waals surface area contributed by atoms with Gasteiger partial charge >= 0.3 is 5.97 Å². The van der Waals surface area contributed by atoms with Crippen molar-refractivity contribution in [1.82, 2.24) is 20.2 Å². The Bertz CT molecular complexity index is 469. The Morgan fingerprint density at radius 1 is 1.47 bits per heavy atom. The molecule has 0 aromatic carbocycles. The highest BCUT2D eigenvalue weighted by atomic mass is 16.4. The third-order valence-electron chi connectivity index (χ3n) is 2.87. The van der Waals surface area contributed by atoms with Crippen molar-refractivity contribution in [2.45, 2.75) is 25.4 Å². The molecule has 8 heteroatoms. The number of carbonyl (C=O) groups excluding carboxylic acids is 2. The summed E-state index contributed by atoms with van der Waals surface area (Å²) in [6.07, 6.45) is 2.53. The van der Waals surface area contributed by atoms with Crippen LogP contribution in [-0.2, 0) is 20.8 Å². The number of nitrogens with zero attached hydrogens (tertiary/aromatic N) is 2. The van der Waals surface area contributed by atoms with E-state index in [-0.39, 0.29) is 12.8 Å². The first kappa shape index (κ1) is 13.2. The lowest BCUT2D eigenvalue weighted by molar-refractivity contribution is -0.155. The highest BCUT2D eigenvalue weighted by molar-refractivity contribution is 6.04. The molecule has 1 saturated heterocycles. The van der Waals surface area contributed by atoms with Gasteiger partial charge in [-0.2, -0.15) is 0 Å². The summed E-state index contributed by atoms with van der Waals surface area (Å²) in [5, 5.41) is 11.8. The van der Waals surface area contributed by atoms with E-state index in [0.29, 0.717) is 13.0 Å². The molecule has 8 nitrogen and oxygen atoms in total. The molecule has 19 heavy (non-hydrogen) atoms. The van der Waals surface area contributed by atoms with Crippen LogP contribution in [0.1, 0.15) is 18.5 Å². The molecule has 0 saturated carbocycles. The molecule has 2 rings (SSSR count). The number of carboxylic acids is 1. The summed E-state index contributed by atoms with van der Waals surface area (Å²) in [6, 6.07) is 0. The Morgan fingerprint density at radius 2 is 2.16 bits per heavy atom. The maximum Gasteiger partial charge on any atom is 0.342 e. The van der Waals surface area contributed by atoms with Crippen LogP contribution in [0.25, 0.3) is 0 Å². The van der Waals surface area contributed by atoms with Crippen LogP contribution in [0.5, 0.6) is 0 Å². The second-order valence-corrected chi connectivity index (χ2v) is 4.18. The molecular formula is C11H14N4O4. The molecule has 2 heterocycles. The predicted molar refractivity (Wildman–Crippen MR) is 62.8 cm³/mol. The standard InChI is InChI=1S/C11H14N4O4/c16-8-1-2-9(17)15(8)10(11(18)19)13-4-3-7-5-12-6-14-7/h5-6,10,13H,1-4H2,(H,12,14)(H,18,19)/t10-/m1/s1.